The molecular weight excluding hydrogens is 246 g/mol. The van der Waals surface area contributed by atoms with Crippen LogP contribution in [0.2, 0.25) is 0 Å². The Labute approximate surface area is 109 Å². The van der Waals surface area contributed by atoms with Crippen LogP contribution in [0.25, 0.3) is 10.9 Å². The molecule has 0 spiro atoms. The summed E-state index contributed by atoms with van der Waals surface area (Å²) in [7, 11) is 1.86. The van der Waals surface area contributed by atoms with Gasteiger partial charge in [0.05, 0.1) is 12.1 Å². The number of fused-ring (bicyclic) bond motifs is 3. The number of nitrogens with zero attached hydrogens (tertiary/aromatic N) is 3. The summed E-state index contributed by atoms with van der Waals surface area (Å²) in [5.41, 5.74) is 2.64. The number of oxime groups is 1. The Bertz CT molecular complexity index is 688. The normalized spacial score (nSPS) is 13.7. The highest BCUT2D eigenvalue weighted by molar-refractivity contribution is 6.44. The zero-order chi connectivity index (χ0) is 13.4. The highest BCUT2D eigenvalue weighted by atomic mass is 16.6. The third kappa shape index (κ3) is 1.85. The predicted octanol–water partition coefficient (Wildman–Crippen LogP) is 1.37. The van der Waals surface area contributed by atoms with Gasteiger partial charge >= 0.3 is 5.97 Å². The maximum absolute atomic E-state index is 11.8. The third-order valence-corrected chi connectivity index (χ3v) is 2.99. The number of esters is 1. The summed E-state index contributed by atoms with van der Waals surface area (Å²) >= 11 is 0. The summed E-state index contributed by atoms with van der Waals surface area (Å²) in [4.78, 5) is 17.0. The number of ether oxygens (including phenoxy) is 1. The minimum Gasteiger partial charge on any atom is -0.461 e. The Balaban J connectivity index is 2.14. The van der Waals surface area contributed by atoms with Gasteiger partial charge in [-0.3, -0.25) is 4.68 Å². The molecule has 0 radical (unpaired) electrons. The topological polar surface area (TPSA) is 65.7 Å². The number of hydrogen-bond donors (Lipinski definition) is 0. The van der Waals surface area contributed by atoms with Crippen molar-refractivity contribution in [3.63, 3.8) is 0 Å². The summed E-state index contributed by atoms with van der Waals surface area (Å²) in [5, 5.41) is 9.22. The van der Waals surface area contributed by atoms with Gasteiger partial charge in [0.25, 0.3) is 0 Å². The van der Waals surface area contributed by atoms with Gasteiger partial charge in [0.15, 0.2) is 5.71 Å². The molecule has 0 atom stereocenters. The van der Waals surface area contributed by atoms with E-state index in [-0.39, 0.29) is 5.71 Å². The molecule has 6 heteroatoms. The van der Waals surface area contributed by atoms with E-state index in [9.17, 15) is 4.79 Å². The molecule has 2 heterocycles. The van der Waals surface area contributed by atoms with Crippen molar-refractivity contribution in [3.8, 4) is 0 Å². The van der Waals surface area contributed by atoms with E-state index in [1.807, 2.05) is 25.4 Å². The molecule has 0 aliphatic carbocycles. The van der Waals surface area contributed by atoms with Crippen LogP contribution in [0.3, 0.4) is 0 Å². The molecular formula is C13H13N3O3. The zero-order valence-electron chi connectivity index (χ0n) is 10.7. The maximum atomic E-state index is 11.8. The summed E-state index contributed by atoms with van der Waals surface area (Å²) in [6.45, 7) is 2.37. The zero-order valence-corrected chi connectivity index (χ0v) is 10.7. The fraction of sp³-hybridized carbons (Fsp3) is 0.308. The van der Waals surface area contributed by atoms with E-state index in [0.717, 1.165) is 22.0 Å². The lowest BCUT2D eigenvalue weighted by Crippen LogP contribution is -2.23. The SMILES string of the molecule is CCOC(=O)C1=NOCc2c1ccc1cn(C)nc21. The average Bonchev–Trinajstić information content (AvgIpc) is 2.79. The first-order chi connectivity index (χ1) is 9.20. The van der Waals surface area contributed by atoms with Gasteiger partial charge in [0, 0.05) is 29.8 Å². The predicted molar refractivity (Wildman–Crippen MR) is 68.7 cm³/mol. The van der Waals surface area contributed by atoms with E-state index < -0.39 is 5.97 Å². The Morgan fingerprint density at radius 3 is 3.16 bits per heavy atom. The quantitative estimate of drug-likeness (QED) is 0.764. The Kier molecular flexibility index (Phi) is 2.70. The van der Waals surface area contributed by atoms with Crippen LogP contribution in [0.15, 0.2) is 23.5 Å². The Hall–Kier alpha value is -2.37. The number of aromatic nitrogens is 2. The number of hydrogen-bond acceptors (Lipinski definition) is 5. The lowest BCUT2D eigenvalue weighted by atomic mass is 10.00. The maximum Gasteiger partial charge on any atom is 0.361 e. The first kappa shape index (κ1) is 11.7. The summed E-state index contributed by atoms with van der Waals surface area (Å²) in [6, 6.07) is 3.78. The molecule has 0 amide bonds. The molecule has 1 aliphatic heterocycles. The second-order valence-corrected chi connectivity index (χ2v) is 4.27. The monoisotopic (exact) mass is 259 g/mol. The number of carbonyl (C=O) groups excluding carboxylic acids is 1. The Morgan fingerprint density at radius 2 is 2.37 bits per heavy atom. The standard InChI is InChI=1S/C13H13N3O3/c1-3-18-13(17)12-9-5-4-8-6-16(2)14-11(8)10(9)7-19-15-12/h4-6H,3,7H2,1-2H3. The van der Waals surface area contributed by atoms with Crippen LogP contribution in [0.5, 0.6) is 0 Å². The van der Waals surface area contributed by atoms with Gasteiger partial charge in [-0.1, -0.05) is 17.3 Å². The van der Waals surface area contributed by atoms with Crippen LogP contribution in [0.1, 0.15) is 18.1 Å². The van der Waals surface area contributed by atoms with Crippen molar-refractivity contribution in [2.45, 2.75) is 13.5 Å². The van der Waals surface area contributed by atoms with Gasteiger partial charge in [-0.25, -0.2) is 4.79 Å². The average molecular weight is 259 g/mol. The molecule has 3 rings (SSSR count). The number of benzene rings is 1. The summed E-state index contributed by atoms with van der Waals surface area (Å²) < 4.78 is 6.72. The van der Waals surface area contributed by atoms with Crippen molar-refractivity contribution >= 4 is 22.6 Å². The van der Waals surface area contributed by atoms with Crippen LogP contribution in [0.4, 0.5) is 0 Å². The summed E-state index contributed by atoms with van der Waals surface area (Å²) in [6.07, 6.45) is 1.92. The van der Waals surface area contributed by atoms with E-state index >= 15 is 0 Å². The highest BCUT2D eigenvalue weighted by Crippen LogP contribution is 2.25. The lowest BCUT2D eigenvalue weighted by molar-refractivity contribution is -0.135. The Morgan fingerprint density at radius 1 is 1.53 bits per heavy atom. The summed E-state index contributed by atoms with van der Waals surface area (Å²) in [5.74, 6) is -0.473. The minimum atomic E-state index is -0.473. The first-order valence-electron chi connectivity index (χ1n) is 6.03. The lowest BCUT2D eigenvalue weighted by Gasteiger charge is -2.15. The van der Waals surface area contributed by atoms with Crippen LogP contribution in [-0.2, 0) is 28.0 Å². The van der Waals surface area contributed by atoms with E-state index in [0.29, 0.717) is 13.2 Å². The van der Waals surface area contributed by atoms with Crippen molar-refractivity contribution in [3.05, 3.63) is 29.5 Å². The van der Waals surface area contributed by atoms with Gasteiger partial charge in [-0.15, -0.1) is 0 Å². The van der Waals surface area contributed by atoms with Crippen LogP contribution < -0.4 is 0 Å². The van der Waals surface area contributed by atoms with E-state index in [4.69, 9.17) is 9.57 Å². The van der Waals surface area contributed by atoms with Crippen molar-refractivity contribution in [2.75, 3.05) is 6.61 Å². The fourth-order valence-corrected chi connectivity index (χ4v) is 2.19. The van der Waals surface area contributed by atoms with Crippen molar-refractivity contribution in [1.29, 1.82) is 0 Å². The molecule has 19 heavy (non-hydrogen) atoms. The third-order valence-electron chi connectivity index (χ3n) is 2.99. The van der Waals surface area contributed by atoms with Crippen LogP contribution in [-0.4, -0.2) is 28.1 Å². The van der Waals surface area contributed by atoms with Gasteiger partial charge in [0.1, 0.15) is 6.61 Å². The van der Waals surface area contributed by atoms with E-state index in [2.05, 4.69) is 10.3 Å². The first-order valence-corrected chi connectivity index (χ1v) is 6.03. The highest BCUT2D eigenvalue weighted by Gasteiger charge is 2.25. The molecule has 0 saturated carbocycles. The smallest absolute Gasteiger partial charge is 0.361 e. The molecule has 2 aromatic rings. The van der Waals surface area contributed by atoms with Crippen molar-refractivity contribution in [2.24, 2.45) is 12.2 Å². The molecule has 1 aromatic carbocycles. The molecule has 0 fully saturated rings. The minimum absolute atomic E-state index is 0.204. The van der Waals surface area contributed by atoms with Crippen LogP contribution >= 0.6 is 0 Å². The molecule has 1 aromatic heterocycles. The molecule has 0 bridgehead atoms. The van der Waals surface area contributed by atoms with E-state index in [1.165, 1.54) is 0 Å². The molecule has 6 nitrogen and oxygen atoms in total. The van der Waals surface area contributed by atoms with Gasteiger partial charge in [-0.05, 0) is 6.92 Å². The van der Waals surface area contributed by atoms with Crippen molar-refractivity contribution in [1.82, 2.24) is 9.78 Å². The van der Waals surface area contributed by atoms with Gasteiger partial charge < -0.3 is 9.57 Å². The molecule has 0 N–H and O–H groups in total. The second-order valence-electron chi connectivity index (χ2n) is 4.27. The largest absolute Gasteiger partial charge is 0.461 e. The molecule has 98 valence electrons. The number of carbonyl (C=O) groups is 1. The van der Waals surface area contributed by atoms with Crippen molar-refractivity contribution < 1.29 is 14.4 Å². The number of rotatable bonds is 2. The molecule has 1 aliphatic rings. The second kappa shape index (κ2) is 4.38. The molecule has 0 saturated heterocycles. The fourth-order valence-electron chi connectivity index (χ4n) is 2.19. The number of aryl methyl sites for hydroxylation is 1. The molecule has 0 unspecified atom stereocenters. The van der Waals surface area contributed by atoms with Crippen LogP contribution in [0, 0.1) is 0 Å². The van der Waals surface area contributed by atoms with Gasteiger partial charge in [-0.2, -0.15) is 5.10 Å². The van der Waals surface area contributed by atoms with Gasteiger partial charge in [0.2, 0.25) is 0 Å². The van der Waals surface area contributed by atoms with E-state index in [1.54, 1.807) is 11.6 Å².